The van der Waals surface area contributed by atoms with Crippen molar-refractivity contribution in [1.82, 2.24) is 4.90 Å². The number of alkyl halides is 3. The van der Waals surface area contributed by atoms with Gasteiger partial charge in [0.1, 0.15) is 0 Å². The third-order valence-electron chi connectivity index (χ3n) is 5.75. The summed E-state index contributed by atoms with van der Waals surface area (Å²) in [5.74, 6) is -0.195. The van der Waals surface area contributed by atoms with Crippen LogP contribution in [0, 0.1) is 6.92 Å². The highest BCUT2D eigenvalue weighted by atomic mass is 32.2. The molecule has 0 spiro atoms. The average molecular weight is 483 g/mol. The Morgan fingerprint density at radius 3 is 2.24 bits per heavy atom. The number of hydrogen-bond donors (Lipinski definition) is 0. The van der Waals surface area contributed by atoms with Crippen molar-refractivity contribution >= 4 is 29.4 Å². The number of carbonyl (C=O) groups excluding carboxylic acids is 1. The minimum Gasteiger partial charge on any atom is -0.368 e. The molecule has 1 heterocycles. The summed E-state index contributed by atoms with van der Waals surface area (Å²) in [6, 6.07) is 21.6. The van der Waals surface area contributed by atoms with Gasteiger partial charge in [-0.25, -0.2) is 0 Å². The molecule has 1 aliphatic heterocycles. The molecule has 34 heavy (non-hydrogen) atoms. The maximum Gasteiger partial charge on any atom is 0.417 e. The maximum absolute atomic E-state index is 13.8. The van der Waals surface area contributed by atoms with Crippen molar-refractivity contribution in [2.45, 2.75) is 22.9 Å². The van der Waals surface area contributed by atoms with E-state index in [1.807, 2.05) is 61.5 Å². The second kappa shape index (κ2) is 10.4. The molecular formula is C27H25F3N2OS. The monoisotopic (exact) mass is 482 g/mol. The lowest BCUT2D eigenvalue weighted by atomic mass is 10.1. The van der Waals surface area contributed by atoms with Gasteiger partial charge in [-0.2, -0.15) is 13.2 Å². The van der Waals surface area contributed by atoms with Crippen molar-refractivity contribution in [1.29, 1.82) is 0 Å². The molecule has 0 atom stereocenters. The number of aryl methyl sites for hydroxylation is 1. The van der Waals surface area contributed by atoms with Gasteiger partial charge in [-0.05, 0) is 54.5 Å². The molecule has 0 aliphatic carbocycles. The van der Waals surface area contributed by atoms with E-state index in [-0.39, 0.29) is 10.8 Å². The molecule has 0 saturated carbocycles. The highest BCUT2D eigenvalue weighted by molar-refractivity contribution is 7.99. The fourth-order valence-electron chi connectivity index (χ4n) is 3.85. The third-order valence-corrected chi connectivity index (χ3v) is 7.01. The van der Waals surface area contributed by atoms with Crippen LogP contribution in [0.3, 0.4) is 0 Å². The lowest BCUT2D eigenvalue weighted by molar-refractivity contribution is -0.139. The van der Waals surface area contributed by atoms with E-state index in [2.05, 4.69) is 4.90 Å². The van der Waals surface area contributed by atoms with Crippen LogP contribution in [-0.2, 0) is 11.0 Å². The van der Waals surface area contributed by atoms with Crippen molar-refractivity contribution in [3.05, 3.63) is 95.6 Å². The Kier molecular flexibility index (Phi) is 7.32. The number of carbonyl (C=O) groups is 1. The van der Waals surface area contributed by atoms with E-state index in [0.29, 0.717) is 31.7 Å². The zero-order valence-corrected chi connectivity index (χ0v) is 19.6. The number of hydrogen-bond acceptors (Lipinski definition) is 3. The first-order valence-corrected chi connectivity index (χ1v) is 11.8. The van der Waals surface area contributed by atoms with Gasteiger partial charge in [0.2, 0.25) is 5.91 Å². The van der Waals surface area contributed by atoms with E-state index in [1.54, 1.807) is 11.0 Å². The highest BCUT2D eigenvalue weighted by Crippen LogP contribution is 2.41. The van der Waals surface area contributed by atoms with Crippen molar-refractivity contribution < 1.29 is 18.0 Å². The van der Waals surface area contributed by atoms with Crippen molar-refractivity contribution in [3.8, 4) is 0 Å². The first kappa shape index (κ1) is 24.0. The maximum atomic E-state index is 13.8. The van der Waals surface area contributed by atoms with Crippen LogP contribution >= 0.6 is 11.8 Å². The Bertz CT molecular complexity index is 1170. The number of benzene rings is 3. The molecule has 0 unspecified atom stereocenters. The summed E-state index contributed by atoms with van der Waals surface area (Å²) in [7, 11) is 0. The molecule has 1 amide bonds. The molecule has 4 rings (SSSR count). The fourth-order valence-corrected chi connectivity index (χ4v) is 4.88. The number of amides is 1. The summed E-state index contributed by atoms with van der Waals surface area (Å²) in [5, 5.41) is 0. The normalized spacial score (nSPS) is 14.6. The number of halogens is 3. The third kappa shape index (κ3) is 5.83. The minimum absolute atomic E-state index is 0.141. The van der Waals surface area contributed by atoms with Crippen molar-refractivity contribution in [3.63, 3.8) is 0 Å². The number of anilines is 1. The fraction of sp³-hybridized carbons (Fsp3) is 0.222. The van der Waals surface area contributed by atoms with Gasteiger partial charge in [-0.15, -0.1) is 0 Å². The van der Waals surface area contributed by atoms with Gasteiger partial charge >= 0.3 is 6.18 Å². The van der Waals surface area contributed by atoms with Crippen molar-refractivity contribution in [2.24, 2.45) is 0 Å². The van der Waals surface area contributed by atoms with Gasteiger partial charge in [0, 0.05) is 47.7 Å². The lowest BCUT2D eigenvalue weighted by Gasteiger charge is -2.35. The first-order chi connectivity index (χ1) is 16.3. The van der Waals surface area contributed by atoms with Crippen LogP contribution in [0.2, 0.25) is 0 Å². The smallest absolute Gasteiger partial charge is 0.368 e. The van der Waals surface area contributed by atoms with Crippen LogP contribution < -0.4 is 4.90 Å². The Morgan fingerprint density at radius 1 is 0.882 bits per heavy atom. The summed E-state index contributed by atoms with van der Waals surface area (Å²) in [5.41, 5.74) is 1.68. The summed E-state index contributed by atoms with van der Waals surface area (Å²) < 4.78 is 41.3. The van der Waals surface area contributed by atoms with E-state index in [4.69, 9.17) is 0 Å². The molecule has 1 aliphatic rings. The van der Waals surface area contributed by atoms with Crippen LogP contribution in [0.1, 0.15) is 16.7 Å². The van der Waals surface area contributed by atoms with E-state index in [9.17, 15) is 18.0 Å². The summed E-state index contributed by atoms with van der Waals surface area (Å²) in [6.45, 7) is 4.44. The van der Waals surface area contributed by atoms with E-state index < -0.39 is 11.7 Å². The molecular weight excluding hydrogens is 457 g/mol. The van der Waals surface area contributed by atoms with Crippen LogP contribution in [0.5, 0.6) is 0 Å². The quantitative estimate of drug-likeness (QED) is 0.387. The molecule has 0 N–H and O–H groups in total. The topological polar surface area (TPSA) is 23.6 Å². The lowest BCUT2D eigenvalue weighted by Crippen LogP contribution is -2.48. The van der Waals surface area contributed by atoms with Gasteiger partial charge in [0.25, 0.3) is 0 Å². The second-order valence-corrected chi connectivity index (χ2v) is 9.19. The zero-order valence-electron chi connectivity index (χ0n) is 18.8. The average Bonchev–Trinajstić information content (AvgIpc) is 2.84. The molecule has 0 aromatic heterocycles. The Morgan fingerprint density at radius 2 is 1.56 bits per heavy atom. The standard InChI is InChI=1S/C27H25F3N2OS/c1-20-7-5-6-10-24(20)34-25-13-11-21(19-23(25)27(28,29)30)12-14-26(33)32-17-15-31(16-18-32)22-8-3-2-4-9-22/h2-14,19H,15-18H2,1H3/b14-12+. The van der Waals surface area contributed by atoms with Gasteiger partial charge in [0.15, 0.2) is 0 Å². The van der Waals surface area contributed by atoms with Gasteiger partial charge in [0.05, 0.1) is 5.56 Å². The summed E-state index contributed by atoms with van der Waals surface area (Å²) >= 11 is 1.10. The summed E-state index contributed by atoms with van der Waals surface area (Å²) in [4.78, 5) is 17.5. The van der Waals surface area contributed by atoms with Crippen LogP contribution in [0.25, 0.3) is 6.08 Å². The SMILES string of the molecule is Cc1ccccc1Sc1ccc(/C=C/C(=O)N2CCN(c3ccccc3)CC2)cc1C(F)(F)F. The summed E-state index contributed by atoms with van der Waals surface area (Å²) in [6.07, 6.45) is -1.67. The van der Waals surface area contributed by atoms with Gasteiger partial charge in [-0.1, -0.05) is 54.2 Å². The Labute approximate surface area is 201 Å². The van der Waals surface area contributed by atoms with Crippen LogP contribution in [0.4, 0.5) is 18.9 Å². The molecule has 1 fully saturated rings. The predicted octanol–water partition coefficient (Wildman–Crippen LogP) is 6.53. The molecule has 1 saturated heterocycles. The van der Waals surface area contributed by atoms with E-state index >= 15 is 0 Å². The number of rotatable bonds is 5. The minimum atomic E-state index is -4.49. The first-order valence-electron chi connectivity index (χ1n) is 11.0. The van der Waals surface area contributed by atoms with Gasteiger partial charge < -0.3 is 9.80 Å². The van der Waals surface area contributed by atoms with Crippen LogP contribution in [0.15, 0.2) is 88.7 Å². The van der Waals surface area contributed by atoms with Crippen molar-refractivity contribution in [2.75, 3.05) is 31.1 Å². The van der Waals surface area contributed by atoms with Crippen LogP contribution in [-0.4, -0.2) is 37.0 Å². The molecule has 176 valence electrons. The molecule has 3 aromatic rings. The number of para-hydroxylation sites is 1. The highest BCUT2D eigenvalue weighted by Gasteiger charge is 2.34. The molecule has 0 radical (unpaired) electrons. The number of piperazine rings is 1. The van der Waals surface area contributed by atoms with Gasteiger partial charge in [-0.3, -0.25) is 4.79 Å². The largest absolute Gasteiger partial charge is 0.417 e. The van der Waals surface area contributed by atoms with E-state index in [1.165, 1.54) is 18.2 Å². The molecule has 0 bridgehead atoms. The molecule has 3 aromatic carbocycles. The predicted molar refractivity (Wildman–Crippen MR) is 131 cm³/mol. The Balaban J connectivity index is 1.44. The zero-order chi connectivity index (χ0) is 24.1. The molecule has 7 heteroatoms. The number of nitrogens with zero attached hydrogens (tertiary/aromatic N) is 2. The van der Waals surface area contributed by atoms with E-state index in [0.717, 1.165) is 34.0 Å². The second-order valence-electron chi connectivity index (χ2n) is 8.10. The molecule has 3 nitrogen and oxygen atoms in total. The Hall–Kier alpha value is -3.19.